The fraction of sp³-hybridized carbons (Fsp3) is 0.300. The van der Waals surface area contributed by atoms with E-state index in [4.69, 9.17) is 9.47 Å². The third kappa shape index (κ3) is 6.94. The zero-order chi connectivity index (χ0) is 18.6. The molecule has 0 saturated carbocycles. The van der Waals surface area contributed by atoms with Gasteiger partial charge >= 0.3 is 6.09 Å². The molecule has 0 spiro atoms. The molecule has 26 heavy (non-hydrogen) atoms. The van der Waals surface area contributed by atoms with Crippen LogP contribution >= 0.6 is 0 Å². The first-order valence-electron chi connectivity index (χ1n) is 8.53. The Bertz CT molecular complexity index is 677. The van der Waals surface area contributed by atoms with E-state index < -0.39 is 12.1 Å². The lowest BCUT2D eigenvalue weighted by molar-refractivity contribution is -0.123. The first kappa shape index (κ1) is 19.5. The predicted molar refractivity (Wildman–Crippen MR) is 99.0 cm³/mol. The van der Waals surface area contributed by atoms with Crippen LogP contribution in [0.1, 0.15) is 12.0 Å². The van der Waals surface area contributed by atoms with Crippen molar-refractivity contribution in [3.63, 3.8) is 0 Å². The fourth-order valence-electron chi connectivity index (χ4n) is 2.38. The first-order valence-corrected chi connectivity index (χ1v) is 8.53. The highest BCUT2D eigenvalue weighted by Gasteiger charge is 2.22. The van der Waals surface area contributed by atoms with Crippen molar-refractivity contribution in [2.45, 2.75) is 18.9 Å². The van der Waals surface area contributed by atoms with Crippen LogP contribution in [0.4, 0.5) is 4.79 Å². The maximum atomic E-state index is 12.5. The molecule has 0 unspecified atom stereocenters. The Kier molecular flexibility index (Phi) is 8.15. The Balaban J connectivity index is 1.97. The average Bonchev–Trinajstić information content (AvgIpc) is 2.66. The van der Waals surface area contributed by atoms with Crippen molar-refractivity contribution in [3.8, 4) is 5.75 Å². The van der Waals surface area contributed by atoms with Crippen LogP contribution in [0, 0.1) is 0 Å². The van der Waals surface area contributed by atoms with E-state index in [9.17, 15) is 9.59 Å². The molecule has 1 atom stereocenters. The van der Waals surface area contributed by atoms with Gasteiger partial charge in [0.15, 0.2) is 0 Å². The largest absolute Gasteiger partial charge is 0.413 e. The second-order valence-electron chi connectivity index (χ2n) is 5.73. The quantitative estimate of drug-likeness (QED) is 0.677. The maximum absolute atomic E-state index is 12.5. The monoisotopic (exact) mass is 356 g/mol. The summed E-state index contributed by atoms with van der Waals surface area (Å²) in [5.74, 6) is 0.166. The van der Waals surface area contributed by atoms with Crippen LogP contribution in [0.3, 0.4) is 0 Å². The summed E-state index contributed by atoms with van der Waals surface area (Å²) in [4.78, 5) is 24.6. The minimum atomic E-state index is -0.726. The number of hydrogen-bond donors (Lipinski definition) is 2. The fourth-order valence-corrected chi connectivity index (χ4v) is 2.38. The summed E-state index contributed by atoms with van der Waals surface area (Å²) in [5.41, 5.74) is 0.949. The lowest BCUT2D eigenvalue weighted by Crippen LogP contribution is -2.49. The number of rotatable bonds is 9. The van der Waals surface area contributed by atoms with Crippen LogP contribution in [0.25, 0.3) is 0 Å². The van der Waals surface area contributed by atoms with Gasteiger partial charge in [0.2, 0.25) is 5.91 Å². The van der Waals surface area contributed by atoms with E-state index in [0.29, 0.717) is 31.7 Å². The molecule has 2 N–H and O–H groups in total. The molecule has 138 valence electrons. The molecule has 0 saturated heterocycles. The van der Waals surface area contributed by atoms with E-state index in [2.05, 4.69) is 10.6 Å². The summed E-state index contributed by atoms with van der Waals surface area (Å²) in [5, 5.41) is 5.47. The minimum absolute atomic E-state index is 0.255. The van der Waals surface area contributed by atoms with Gasteiger partial charge < -0.3 is 20.1 Å². The van der Waals surface area contributed by atoms with E-state index in [1.807, 2.05) is 36.4 Å². The summed E-state index contributed by atoms with van der Waals surface area (Å²) >= 11 is 0. The molecule has 2 aromatic rings. The van der Waals surface area contributed by atoms with Gasteiger partial charge in [0.05, 0.1) is 0 Å². The second-order valence-corrected chi connectivity index (χ2v) is 5.73. The van der Waals surface area contributed by atoms with Gasteiger partial charge in [0.25, 0.3) is 0 Å². The Morgan fingerprint density at radius 3 is 2.31 bits per heavy atom. The number of benzene rings is 2. The van der Waals surface area contributed by atoms with Crippen LogP contribution < -0.4 is 15.4 Å². The van der Waals surface area contributed by atoms with Crippen LogP contribution in [0.15, 0.2) is 60.7 Å². The van der Waals surface area contributed by atoms with Crippen LogP contribution in [0.5, 0.6) is 5.75 Å². The lowest BCUT2D eigenvalue weighted by atomic mass is 10.1. The van der Waals surface area contributed by atoms with Crippen molar-refractivity contribution in [1.82, 2.24) is 10.6 Å². The molecule has 0 fully saturated rings. The molecule has 2 aromatic carbocycles. The zero-order valence-electron chi connectivity index (χ0n) is 14.8. The molecule has 2 rings (SSSR count). The van der Waals surface area contributed by atoms with Gasteiger partial charge in [0.1, 0.15) is 11.8 Å². The highest BCUT2D eigenvalue weighted by molar-refractivity contribution is 5.86. The number of carbonyl (C=O) groups is 2. The van der Waals surface area contributed by atoms with Crippen molar-refractivity contribution in [3.05, 3.63) is 66.2 Å². The maximum Gasteiger partial charge on any atom is 0.413 e. The van der Waals surface area contributed by atoms with Crippen molar-refractivity contribution in [2.75, 3.05) is 20.3 Å². The Hall–Kier alpha value is -2.86. The number of carbonyl (C=O) groups excluding carboxylic acids is 2. The smallest absolute Gasteiger partial charge is 0.410 e. The molecule has 0 bridgehead atoms. The molecular formula is C20H24N2O4. The molecule has 6 heteroatoms. The van der Waals surface area contributed by atoms with E-state index in [0.717, 1.165) is 5.56 Å². The molecule has 0 aliphatic rings. The van der Waals surface area contributed by atoms with Gasteiger partial charge in [-0.05, 0) is 24.1 Å². The number of ether oxygens (including phenoxy) is 2. The summed E-state index contributed by atoms with van der Waals surface area (Å²) < 4.78 is 10.2. The van der Waals surface area contributed by atoms with Crippen molar-refractivity contribution < 1.29 is 19.1 Å². The second kappa shape index (κ2) is 10.9. The van der Waals surface area contributed by atoms with E-state index in [1.54, 1.807) is 31.4 Å². The Morgan fingerprint density at radius 1 is 1.00 bits per heavy atom. The van der Waals surface area contributed by atoms with Crippen LogP contribution in [-0.4, -0.2) is 38.3 Å². The molecule has 6 nitrogen and oxygen atoms in total. The molecule has 0 heterocycles. The lowest BCUT2D eigenvalue weighted by Gasteiger charge is -2.18. The van der Waals surface area contributed by atoms with Gasteiger partial charge in [0, 0.05) is 26.7 Å². The van der Waals surface area contributed by atoms with E-state index in [-0.39, 0.29) is 5.91 Å². The normalized spacial score (nSPS) is 11.4. The summed E-state index contributed by atoms with van der Waals surface area (Å²) in [6, 6.07) is 17.5. The molecule has 0 aliphatic heterocycles. The predicted octanol–water partition coefficient (Wildman–Crippen LogP) is 2.54. The first-order chi connectivity index (χ1) is 12.7. The zero-order valence-corrected chi connectivity index (χ0v) is 14.8. The SMILES string of the molecule is COCCCNC(=O)[C@H](Cc1ccccc1)NC(=O)Oc1ccccc1. The summed E-state index contributed by atoms with van der Waals surface area (Å²) in [7, 11) is 1.61. The Morgan fingerprint density at radius 2 is 1.65 bits per heavy atom. The molecule has 0 aromatic heterocycles. The number of hydrogen-bond acceptors (Lipinski definition) is 4. The van der Waals surface area contributed by atoms with Gasteiger partial charge in [-0.2, -0.15) is 0 Å². The Labute approximate surface area is 153 Å². The highest BCUT2D eigenvalue weighted by atomic mass is 16.6. The third-order valence-electron chi connectivity index (χ3n) is 3.67. The van der Waals surface area contributed by atoms with Gasteiger partial charge in [-0.1, -0.05) is 48.5 Å². The number of amides is 2. The van der Waals surface area contributed by atoms with Crippen LogP contribution in [-0.2, 0) is 16.0 Å². The molecule has 0 aliphatic carbocycles. The highest BCUT2D eigenvalue weighted by Crippen LogP contribution is 2.09. The average molecular weight is 356 g/mol. The number of para-hydroxylation sites is 1. The van der Waals surface area contributed by atoms with Gasteiger partial charge in [-0.25, -0.2) is 4.79 Å². The summed E-state index contributed by atoms with van der Waals surface area (Å²) in [6.45, 7) is 1.04. The molecule has 0 radical (unpaired) electrons. The summed E-state index contributed by atoms with van der Waals surface area (Å²) in [6.07, 6.45) is 0.416. The third-order valence-corrected chi connectivity index (χ3v) is 3.67. The number of nitrogens with one attached hydrogen (secondary N) is 2. The minimum Gasteiger partial charge on any atom is -0.410 e. The van der Waals surface area contributed by atoms with Crippen LogP contribution in [0.2, 0.25) is 0 Å². The standard InChI is InChI=1S/C20H24N2O4/c1-25-14-8-13-21-19(23)18(15-16-9-4-2-5-10-16)22-20(24)26-17-11-6-3-7-12-17/h2-7,9-12,18H,8,13-15H2,1H3,(H,21,23)(H,22,24)/t18-/m0/s1. The molecule has 2 amide bonds. The van der Waals surface area contributed by atoms with Crippen molar-refractivity contribution >= 4 is 12.0 Å². The number of methoxy groups -OCH3 is 1. The van der Waals surface area contributed by atoms with E-state index in [1.165, 1.54) is 0 Å². The van der Waals surface area contributed by atoms with E-state index >= 15 is 0 Å². The van der Waals surface area contributed by atoms with Gasteiger partial charge in [-0.15, -0.1) is 0 Å². The molecular weight excluding hydrogens is 332 g/mol. The van der Waals surface area contributed by atoms with Crippen molar-refractivity contribution in [1.29, 1.82) is 0 Å². The topological polar surface area (TPSA) is 76.7 Å². The van der Waals surface area contributed by atoms with Gasteiger partial charge in [-0.3, -0.25) is 4.79 Å². The van der Waals surface area contributed by atoms with Crippen molar-refractivity contribution in [2.24, 2.45) is 0 Å².